The number of piperidine rings is 1. The molecule has 3 nitrogen and oxygen atoms in total. The van der Waals surface area contributed by atoms with E-state index in [0.29, 0.717) is 12.5 Å². The lowest BCUT2D eigenvalue weighted by Gasteiger charge is -2.34. The number of alkyl halides is 1. The first-order valence-corrected chi connectivity index (χ1v) is 7.28. The summed E-state index contributed by atoms with van der Waals surface area (Å²) in [5, 5.41) is 0.0652. The maximum atomic E-state index is 12.5. The summed E-state index contributed by atoms with van der Waals surface area (Å²) in [6, 6.07) is 5.72. The Labute approximate surface area is 118 Å². The van der Waals surface area contributed by atoms with Gasteiger partial charge in [-0.3, -0.25) is 4.79 Å². The molecule has 0 bridgehead atoms. The molecule has 2 atom stereocenters. The van der Waals surface area contributed by atoms with E-state index in [9.17, 15) is 4.79 Å². The van der Waals surface area contributed by atoms with Gasteiger partial charge in [0.05, 0.1) is 12.0 Å². The number of fused-ring (bicyclic) bond motifs is 1. The number of halogens is 1. The molecule has 1 aromatic rings. The van der Waals surface area contributed by atoms with Gasteiger partial charge < -0.3 is 9.64 Å². The number of likely N-dealkylation sites (tertiary alicyclic amines) is 1. The van der Waals surface area contributed by atoms with Crippen molar-refractivity contribution in [1.29, 1.82) is 0 Å². The Bertz CT molecular complexity index is 503. The van der Waals surface area contributed by atoms with Gasteiger partial charge in [-0.15, -0.1) is 11.6 Å². The highest BCUT2D eigenvalue weighted by Crippen LogP contribution is 2.28. The van der Waals surface area contributed by atoms with E-state index in [1.165, 1.54) is 0 Å². The van der Waals surface area contributed by atoms with Crippen LogP contribution in [0.5, 0.6) is 5.75 Å². The van der Waals surface area contributed by atoms with Crippen LogP contribution >= 0.6 is 11.6 Å². The van der Waals surface area contributed by atoms with E-state index in [-0.39, 0.29) is 11.3 Å². The molecule has 0 saturated carbocycles. The van der Waals surface area contributed by atoms with Gasteiger partial charge in [0, 0.05) is 25.1 Å². The van der Waals surface area contributed by atoms with E-state index in [0.717, 1.165) is 42.9 Å². The van der Waals surface area contributed by atoms with Crippen LogP contribution in [0.4, 0.5) is 0 Å². The molecule has 0 radical (unpaired) electrons. The van der Waals surface area contributed by atoms with Crippen LogP contribution < -0.4 is 4.74 Å². The molecule has 2 aliphatic heterocycles. The van der Waals surface area contributed by atoms with Crippen molar-refractivity contribution in [3.63, 3.8) is 0 Å². The van der Waals surface area contributed by atoms with Crippen LogP contribution in [0.25, 0.3) is 0 Å². The van der Waals surface area contributed by atoms with Crippen LogP contribution in [0, 0.1) is 5.92 Å². The first kappa shape index (κ1) is 12.8. The van der Waals surface area contributed by atoms with Crippen LogP contribution in [0.3, 0.4) is 0 Å². The van der Waals surface area contributed by atoms with E-state index < -0.39 is 0 Å². The SMILES string of the molecule is CC1CCN(C(=O)c2ccc3c(c2)CCO3)CC1Cl. The minimum absolute atomic E-state index is 0.0652. The van der Waals surface area contributed by atoms with Gasteiger partial charge in [0.15, 0.2) is 0 Å². The molecule has 0 aliphatic carbocycles. The van der Waals surface area contributed by atoms with Gasteiger partial charge in [-0.25, -0.2) is 0 Å². The van der Waals surface area contributed by atoms with E-state index in [4.69, 9.17) is 16.3 Å². The number of hydrogen-bond acceptors (Lipinski definition) is 2. The topological polar surface area (TPSA) is 29.5 Å². The smallest absolute Gasteiger partial charge is 0.253 e. The first-order valence-electron chi connectivity index (χ1n) is 6.84. The third-order valence-electron chi connectivity index (χ3n) is 4.09. The molecule has 2 unspecified atom stereocenters. The van der Waals surface area contributed by atoms with Crippen molar-refractivity contribution < 1.29 is 9.53 Å². The highest BCUT2D eigenvalue weighted by atomic mass is 35.5. The fourth-order valence-electron chi connectivity index (χ4n) is 2.71. The molecular formula is C15H18ClNO2. The molecule has 1 fully saturated rings. The second kappa shape index (κ2) is 5.04. The summed E-state index contributed by atoms with van der Waals surface area (Å²) < 4.78 is 5.46. The largest absolute Gasteiger partial charge is 0.493 e. The van der Waals surface area contributed by atoms with Crippen molar-refractivity contribution in [2.75, 3.05) is 19.7 Å². The zero-order valence-corrected chi connectivity index (χ0v) is 11.8. The quantitative estimate of drug-likeness (QED) is 0.740. The Morgan fingerprint density at radius 2 is 2.32 bits per heavy atom. The number of amides is 1. The maximum Gasteiger partial charge on any atom is 0.253 e. The Kier molecular flexibility index (Phi) is 3.40. The molecule has 1 aromatic carbocycles. The predicted molar refractivity (Wildman–Crippen MR) is 75.0 cm³/mol. The maximum absolute atomic E-state index is 12.5. The fraction of sp³-hybridized carbons (Fsp3) is 0.533. The molecule has 0 spiro atoms. The standard InChI is InChI=1S/C15H18ClNO2/c1-10-4-6-17(9-13(10)16)15(18)12-2-3-14-11(8-12)5-7-19-14/h2-3,8,10,13H,4-7,9H2,1H3. The minimum atomic E-state index is 0.0652. The second-order valence-corrected chi connectivity index (χ2v) is 6.01. The van der Waals surface area contributed by atoms with Crippen LogP contribution in [-0.4, -0.2) is 35.9 Å². The lowest BCUT2D eigenvalue weighted by Crippen LogP contribution is -2.43. The van der Waals surface area contributed by atoms with Gasteiger partial charge in [0.25, 0.3) is 5.91 Å². The highest BCUT2D eigenvalue weighted by Gasteiger charge is 2.28. The van der Waals surface area contributed by atoms with E-state index >= 15 is 0 Å². The number of ether oxygens (including phenoxy) is 1. The van der Waals surface area contributed by atoms with Gasteiger partial charge >= 0.3 is 0 Å². The molecule has 0 aromatic heterocycles. The minimum Gasteiger partial charge on any atom is -0.493 e. The summed E-state index contributed by atoms with van der Waals surface area (Å²) in [5.41, 5.74) is 1.89. The molecule has 1 amide bonds. The molecular weight excluding hydrogens is 262 g/mol. The number of rotatable bonds is 1. The van der Waals surface area contributed by atoms with Crippen LogP contribution in [0.1, 0.15) is 29.3 Å². The highest BCUT2D eigenvalue weighted by molar-refractivity contribution is 6.21. The summed E-state index contributed by atoms with van der Waals surface area (Å²) >= 11 is 6.27. The van der Waals surface area contributed by atoms with Crippen molar-refractivity contribution in [2.45, 2.75) is 25.1 Å². The Morgan fingerprint density at radius 3 is 3.11 bits per heavy atom. The fourth-order valence-corrected chi connectivity index (χ4v) is 3.00. The summed E-state index contributed by atoms with van der Waals surface area (Å²) in [5.74, 6) is 1.49. The molecule has 3 rings (SSSR count). The number of hydrogen-bond donors (Lipinski definition) is 0. The zero-order chi connectivity index (χ0) is 13.4. The average molecular weight is 280 g/mol. The third kappa shape index (κ3) is 2.44. The van der Waals surface area contributed by atoms with E-state index in [1.807, 2.05) is 23.1 Å². The summed E-state index contributed by atoms with van der Waals surface area (Å²) in [7, 11) is 0. The lowest BCUT2D eigenvalue weighted by atomic mass is 9.97. The Morgan fingerprint density at radius 1 is 1.47 bits per heavy atom. The summed E-state index contributed by atoms with van der Waals surface area (Å²) in [4.78, 5) is 14.3. The molecule has 2 heterocycles. The van der Waals surface area contributed by atoms with Crippen molar-refractivity contribution in [2.24, 2.45) is 5.92 Å². The molecule has 0 N–H and O–H groups in total. The van der Waals surface area contributed by atoms with Crippen LogP contribution in [0.15, 0.2) is 18.2 Å². The van der Waals surface area contributed by atoms with E-state index in [2.05, 4.69) is 6.92 Å². The van der Waals surface area contributed by atoms with Crippen molar-refractivity contribution in [3.8, 4) is 5.75 Å². The molecule has 2 aliphatic rings. The molecule has 4 heteroatoms. The third-order valence-corrected chi connectivity index (χ3v) is 4.66. The Balaban J connectivity index is 1.77. The monoisotopic (exact) mass is 279 g/mol. The number of nitrogens with zero attached hydrogens (tertiary/aromatic N) is 1. The van der Waals surface area contributed by atoms with Crippen LogP contribution in [0.2, 0.25) is 0 Å². The normalized spacial score (nSPS) is 25.9. The number of carbonyl (C=O) groups is 1. The summed E-state index contributed by atoms with van der Waals surface area (Å²) in [6.45, 7) is 4.32. The zero-order valence-electron chi connectivity index (χ0n) is 11.1. The van der Waals surface area contributed by atoms with Gasteiger partial charge in [-0.2, -0.15) is 0 Å². The summed E-state index contributed by atoms with van der Waals surface area (Å²) in [6.07, 6.45) is 1.87. The van der Waals surface area contributed by atoms with E-state index in [1.54, 1.807) is 0 Å². The first-order chi connectivity index (χ1) is 9.15. The van der Waals surface area contributed by atoms with Crippen molar-refractivity contribution >= 4 is 17.5 Å². The van der Waals surface area contributed by atoms with Gasteiger partial charge in [-0.05, 0) is 36.1 Å². The second-order valence-electron chi connectivity index (χ2n) is 5.45. The average Bonchev–Trinajstić information content (AvgIpc) is 2.88. The molecule has 102 valence electrons. The van der Waals surface area contributed by atoms with Gasteiger partial charge in [-0.1, -0.05) is 6.92 Å². The van der Waals surface area contributed by atoms with Gasteiger partial charge in [0.2, 0.25) is 0 Å². The Hall–Kier alpha value is -1.22. The van der Waals surface area contributed by atoms with Crippen LogP contribution in [-0.2, 0) is 6.42 Å². The van der Waals surface area contributed by atoms with Crippen molar-refractivity contribution in [3.05, 3.63) is 29.3 Å². The molecule has 19 heavy (non-hydrogen) atoms. The number of benzene rings is 1. The van der Waals surface area contributed by atoms with Crippen molar-refractivity contribution in [1.82, 2.24) is 4.90 Å². The molecule has 1 saturated heterocycles. The lowest BCUT2D eigenvalue weighted by molar-refractivity contribution is 0.0701. The predicted octanol–water partition coefficient (Wildman–Crippen LogP) is 2.71. The van der Waals surface area contributed by atoms with Gasteiger partial charge in [0.1, 0.15) is 5.75 Å². The number of carbonyl (C=O) groups excluding carboxylic acids is 1.